The molecule has 3 aliphatic carbocycles. The van der Waals surface area contributed by atoms with Crippen molar-refractivity contribution in [3.8, 4) is 0 Å². The summed E-state index contributed by atoms with van der Waals surface area (Å²) >= 11 is 0. The van der Waals surface area contributed by atoms with Crippen molar-refractivity contribution in [3.63, 3.8) is 0 Å². The van der Waals surface area contributed by atoms with E-state index in [1.54, 1.807) is 0 Å². The van der Waals surface area contributed by atoms with Gasteiger partial charge in [0.05, 0.1) is 19.3 Å². The molecule has 2 bridgehead atoms. The molecule has 1 aliphatic heterocycles. The van der Waals surface area contributed by atoms with E-state index in [-0.39, 0.29) is 6.10 Å². The van der Waals surface area contributed by atoms with Gasteiger partial charge in [0.15, 0.2) is 0 Å². The zero-order chi connectivity index (χ0) is 9.99. The molecule has 0 aromatic heterocycles. The minimum Gasteiger partial charge on any atom is -0.393 e. The fourth-order valence-electron chi connectivity index (χ4n) is 5.05. The van der Waals surface area contributed by atoms with Crippen LogP contribution in [0.15, 0.2) is 0 Å². The van der Waals surface area contributed by atoms with Gasteiger partial charge in [-0.3, -0.25) is 0 Å². The number of fused-ring (bicyclic) bond motifs is 5. The maximum Gasteiger partial charge on any atom is 0.0606 e. The highest BCUT2D eigenvalue weighted by molar-refractivity contribution is 5.06. The fourth-order valence-corrected chi connectivity index (χ4v) is 5.05. The lowest BCUT2D eigenvalue weighted by Crippen LogP contribution is -2.39. The van der Waals surface area contributed by atoms with Crippen LogP contribution < -0.4 is 0 Å². The topological polar surface area (TPSA) is 29.5 Å². The second kappa shape index (κ2) is 2.98. The zero-order valence-corrected chi connectivity index (χ0v) is 9.14. The van der Waals surface area contributed by atoms with Crippen LogP contribution in [0.1, 0.15) is 25.7 Å². The SMILES string of the molecule is OC1C(C2COC2)CC2C3CCC(C3)C12. The molecule has 1 N–H and O–H groups in total. The molecule has 3 saturated carbocycles. The molecule has 4 fully saturated rings. The number of rotatable bonds is 1. The fraction of sp³-hybridized carbons (Fsp3) is 1.00. The Kier molecular flexibility index (Phi) is 1.79. The standard InChI is InChI=1S/C13H20O2/c14-13-11(9-5-15-6-9)4-10-7-1-2-8(3-7)12(10)13/h7-14H,1-6H2. The third-order valence-corrected chi connectivity index (χ3v) is 5.80. The normalized spacial score (nSPS) is 58.2. The molecule has 1 heterocycles. The van der Waals surface area contributed by atoms with Gasteiger partial charge in [0.1, 0.15) is 0 Å². The molecule has 0 spiro atoms. The number of hydrogen-bond donors (Lipinski definition) is 1. The molecular weight excluding hydrogens is 188 g/mol. The largest absolute Gasteiger partial charge is 0.393 e. The van der Waals surface area contributed by atoms with Crippen molar-refractivity contribution < 1.29 is 9.84 Å². The van der Waals surface area contributed by atoms with Gasteiger partial charge in [0, 0.05) is 5.92 Å². The first-order valence-corrected chi connectivity index (χ1v) is 6.60. The van der Waals surface area contributed by atoms with Gasteiger partial charge in [-0.1, -0.05) is 0 Å². The molecule has 6 atom stereocenters. The molecule has 4 aliphatic rings. The van der Waals surface area contributed by atoms with Crippen molar-refractivity contribution in [2.75, 3.05) is 13.2 Å². The molecule has 0 radical (unpaired) electrons. The highest BCUT2D eigenvalue weighted by Gasteiger charge is 2.58. The van der Waals surface area contributed by atoms with Crippen molar-refractivity contribution in [1.82, 2.24) is 0 Å². The summed E-state index contributed by atoms with van der Waals surface area (Å²) in [6, 6.07) is 0. The Bertz CT molecular complexity index is 274. The van der Waals surface area contributed by atoms with Crippen LogP contribution in [-0.2, 0) is 4.74 Å². The molecule has 15 heavy (non-hydrogen) atoms. The maximum atomic E-state index is 10.5. The Morgan fingerprint density at radius 2 is 1.67 bits per heavy atom. The van der Waals surface area contributed by atoms with Gasteiger partial charge >= 0.3 is 0 Å². The Morgan fingerprint density at radius 1 is 0.867 bits per heavy atom. The van der Waals surface area contributed by atoms with E-state index in [2.05, 4.69) is 0 Å². The molecule has 4 rings (SSSR count). The molecular formula is C13H20O2. The van der Waals surface area contributed by atoms with Gasteiger partial charge in [-0.05, 0) is 55.3 Å². The molecule has 2 heteroatoms. The van der Waals surface area contributed by atoms with Crippen LogP contribution in [0.25, 0.3) is 0 Å². The van der Waals surface area contributed by atoms with Crippen molar-refractivity contribution in [2.45, 2.75) is 31.8 Å². The molecule has 6 unspecified atom stereocenters. The Hall–Kier alpha value is -0.0800. The summed E-state index contributed by atoms with van der Waals surface area (Å²) in [5.74, 6) is 4.67. The highest BCUT2D eigenvalue weighted by atomic mass is 16.5. The van der Waals surface area contributed by atoms with E-state index < -0.39 is 0 Å². The van der Waals surface area contributed by atoms with Crippen LogP contribution >= 0.6 is 0 Å². The molecule has 0 aromatic carbocycles. The van der Waals surface area contributed by atoms with Gasteiger partial charge < -0.3 is 9.84 Å². The summed E-state index contributed by atoms with van der Waals surface area (Å²) in [4.78, 5) is 0. The molecule has 84 valence electrons. The quantitative estimate of drug-likeness (QED) is 0.710. The predicted molar refractivity (Wildman–Crippen MR) is 56.2 cm³/mol. The third-order valence-electron chi connectivity index (χ3n) is 5.80. The summed E-state index contributed by atoms with van der Waals surface area (Å²) in [6.45, 7) is 1.83. The van der Waals surface area contributed by atoms with Crippen LogP contribution in [-0.4, -0.2) is 24.4 Å². The Morgan fingerprint density at radius 3 is 2.33 bits per heavy atom. The first-order valence-electron chi connectivity index (χ1n) is 6.60. The lowest BCUT2D eigenvalue weighted by atomic mass is 9.81. The van der Waals surface area contributed by atoms with Gasteiger partial charge in [-0.25, -0.2) is 0 Å². The van der Waals surface area contributed by atoms with E-state index in [1.807, 2.05) is 0 Å². The summed E-state index contributed by atoms with van der Waals surface area (Å²) in [7, 11) is 0. The van der Waals surface area contributed by atoms with E-state index in [1.165, 1.54) is 25.7 Å². The predicted octanol–water partition coefficient (Wildman–Crippen LogP) is 1.68. The maximum absolute atomic E-state index is 10.5. The van der Waals surface area contributed by atoms with Crippen molar-refractivity contribution in [1.29, 1.82) is 0 Å². The third kappa shape index (κ3) is 1.07. The first-order chi connectivity index (χ1) is 7.34. The van der Waals surface area contributed by atoms with Crippen LogP contribution in [0.5, 0.6) is 0 Å². The van der Waals surface area contributed by atoms with E-state index in [4.69, 9.17) is 4.74 Å². The Labute approximate surface area is 91.0 Å². The first kappa shape index (κ1) is 9.00. The van der Waals surface area contributed by atoms with Crippen molar-refractivity contribution >= 4 is 0 Å². The van der Waals surface area contributed by atoms with Gasteiger partial charge in [-0.2, -0.15) is 0 Å². The van der Waals surface area contributed by atoms with Crippen LogP contribution in [0.3, 0.4) is 0 Å². The summed E-state index contributed by atoms with van der Waals surface area (Å²) in [5.41, 5.74) is 0. The van der Waals surface area contributed by atoms with Crippen LogP contribution in [0.2, 0.25) is 0 Å². The lowest BCUT2D eigenvalue weighted by Gasteiger charge is -2.34. The monoisotopic (exact) mass is 208 g/mol. The number of aliphatic hydroxyl groups is 1. The van der Waals surface area contributed by atoms with Crippen LogP contribution in [0.4, 0.5) is 0 Å². The second-order valence-electron chi connectivity index (χ2n) is 6.26. The highest BCUT2D eigenvalue weighted by Crippen LogP contribution is 2.61. The average molecular weight is 208 g/mol. The average Bonchev–Trinajstić information content (AvgIpc) is 2.77. The molecule has 0 amide bonds. The zero-order valence-electron chi connectivity index (χ0n) is 9.14. The van der Waals surface area contributed by atoms with Crippen LogP contribution in [0, 0.1) is 35.5 Å². The van der Waals surface area contributed by atoms with E-state index in [0.29, 0.717) is 17.8 Å². The van der Waals surface area contributed by atoms with Gasteiger partial charge in [0.25, 0.3) is 0 Å². The van der Waals surface area contributed by atoms with Crippen molar-refractivity contribution in [3.05, 3.63) is 0 Å². The molecule has 1 saturated heterocycles. The summed E-state index contributed by atoms with van der Waals surface area (Å²) in [6.07, 6.45) is 5.60. The number of hydrogen-bond acceptors (Lipinski definition) is 2. The lowest BCUT2D eigenvalue weighted by molar-refractivity contribution is -0.0882. The van der Waals surface area contributed by atoms with Crippen molar-refractivity contribution in [2.24, 2.45) is 35.5 Å². The van der Waals surface area contributed by atoms with E-state index >= 15 is 0 Å². The second-order valence-corrected chi connectivity index (χ2v) is 6.26. The summed E-state index contributed by atoms with van der Waals surface area (Å²) in [5, 5.41) is 10.5. The number of aliphatic hydroxyl groups excluding tert-OH is 1. The minimum atomic E-state index is 0.0131. The molecule has 0 aromatic rings. The molecule has 2 nitrogen and oxygen atoms in total. The van der Waals surface area contributed by atoms with Gasteiger partial charge in [0.2, 0.25) is 0 Å². The van der Waals surface area contributed by atoms with E-state index in [9.17, 15) is 5.11 Å². The minimum absolute atomic E-state index is 0.0131. The smallest absolute Gasteiger partial charge is 0.0606 e. The van der Waals surface area contributed by atoms with Gasteiger partial charge in [-0.15, -0.1) is 0 Å². The van der Waals surface area contributed by atoms with E-state index in [0.717, 1.165) is 31.0 Å². The summed E-state index contributed by atoms with van der Waals surface area (Å²) < 4.78 is 5.28. The number of ether oxygens (including phenoxy) is 1. The Balaban J connectivity index is 1.58.